The molecule has 4 atom stereocenters. The number of sulfonamides is 1. The van der Waals surface area contributed by atoms with Crippen molar-refractivity contribution in [2.75, 3.05) is 13.6 Å². The standard InChI is InChI=1S/C30H43N5O6S/c1-29(2,3)34(4)28(39)31-23-17-12-7-5-6-9-14-21-20-30(21,32-25(36)24-18-13-19-35(24)26(23)37)27(38)33-42(40,41)22-15-10-8-11-16-22/h8-11,14-16,21,23-24H,5-7,12-13,17-20H2,1-4H3,(H,31,39)(H,32,36)(H,33,38). The molecule has 4 unspecified atom stereocenters. The zero-order valence-electron chi connectivity index (χ0n) is 24.9. The minimum Gasteiger partial charge on any atom is -0.339 e. The van der Waals surface area contributed by atoms with E-state index in [-0.39, 0.29) is 29.2 Å². The molecule has 42 heavy (non-hydrogen) atoms. The molecule has 0 bridgehead atoms. The molecular formula is C30H43N5O6S. The Hall–Kier alpha value is -3.41. The molecule has 230 valence electrons. The van der Waals surface area contributed by atoms with Gasteiger partial charge in [0, 0.05) is 25.0 Å². The fraction of sp³-hybridized carbons (Fsp3) is 0.600. The molecule has 1 aromatic rings. The number of urea groups is 1. The highest BCUT2D eigenvalue weighted by Gasteiger charge is 2.61. The van der Waals surface area contributed by atoms with E-state index in [0.717, 1.165) is 25.7 Å². The van der Waals surface area contributed by atoms with Gasteiger partial charge in [0.1, 0.15) is 17.6 Å². The minimum atomic E-state index is -4.15. The van der Waals surface area contributed by atoms with Gasteiger partial charge >= 0.3 is 6.03 Å². The first-order valence-electron chi connectivity index (χ1n) is 14.7. The summed E-state index contributed by atoms with van der Waals surface area (Å²) in [5.74, 6) is -2.00. The maximum Gasteiger partial charge on any atom is 0.318 e. The predicted octanol–water partition coefficient (Wildman–Crippen LogP) is 2.69. The van der Waals surface area contributed by atoms with E-state index in [1.165, 1.54) is 17.0 Å². The minimum absolute atomic E-state index is 0.0521. The zero-order chi connectivity index (χ0) is 30.7. The molecule has 1 aliphatic carbocycles. The summed E-state index contributed by atoms with van der Waals surface area (Å²) < 4.78 is 28.0. The molecule has 3 aliphatic rings. The van der Waals surface area contributed by atoms with Crippen LogP contribution in [0.15, 0.2) is 47.4 Å². The summed E-state index contributed by atoms with van der Waals surface area (Å²) in [6.07, 6.45) is 8.68. The summed E-state index contributed by atoms with van der Waals surface area (Å²) in [5.41, 5.74) is -1.88. The Morgan fingerprint density at radius 3 is 2.45 bits per heavy atom. The second kappa shape index (κ2) is 12.4. The van der Waals surface area contributed by atoms with Gasteiger partial charge in [0.05, 0.1) is 4.90 Å². The number of allylic oxidation sites excluding steroid dienone is 1. The van der Waals surface area contributed by atoms with Crippen molar-refractivity contribution >= 4 is 33.8 Å². The number of amides is 5. The van der Waals surface area contributed by atoms with Crippen molar-refractivity contribution in [1.82, 2.24) is 25.2 Å². The summed E-state index contributed by atoms with van der Waals surface area (Å²) in [5, 5.41) is 5.74. The van der Waals surface area contributed by atoms with Crippen LogP contribution in [0.2, 0.25) is 0 Å². The Kier molecular flexibility index (Phi) is 9.34. The Labute approximate surface area is 248 Å². The first-order valence-corrected chi connectivity index (χ1v) is 16.2. The molecular weight excluding hydrogens is 558 g/mol. The van der Waals surface area contributed by atoms with Gasteiger partial charge in [-0.15, -0.1) is 0 Å². The highest BCUT2D eigenvalue weighted by Crippen LogP contribution is 2.45. The van der Waals surface area contributed by atoms with Crippen LogP contribution in [0.3, 0.4) is 0 Å². The number of rotatable bonds is 4. The van der Waals surface area contributed by atoms with Crippen LogP contribution in [0, 0.1) is 5.92 Å². The lowest BCUT2D eigenvalue weighted by molar-refractivity contribution is -0.141. The highest BCUT2D eigenvalue weighted by atomic mass is 32.2. The summed E-state index contributed by atoms with van der Waals surface area (Å²) >= 11 is 0. The molecule has 4 rings (SSSR count). The van der Waals surface area contributed by atoms with E-state index in [4.69, 9.17) is 0 Å². The van der Waals surface area contributed by atoms with Crippen molar-refractivity contribution in [3.63, 3.8) is 0 Å². The van der Waals surface area contributed by atoms with Crippen LogP contribution < -0.4 is 15.4 Å². The van der Waals surface area contributed by atoms with Gasteiger partial charge in [0.25, 0.3) is 15.9 Å². The number of hydrogen-bond acceptors (Lipinski definition) is 6. The van der Waals surface area contributed by atoms with E-state index >= 15 is 0 Å². The fourth-order valence-corrected chi connectivity index (χ4v) is 6.58. The number of fused-ring (bicyclic) bond motifs is 2. The molecule has 2 aliphatic heterocycles. The van der Waals surface area contributed by atoms with E-state index in [1.54, 1.807) is 30.1 Å². The van der Waals surface area contributed by atoms with Gasteiger partial charge in [-0.2, -0.15) is 0 Å². The summed E-state index contributed by atoms with van der Waals surface area (Å²) in [4.78, 5) is 57.0. The second-order valence-corrected chi connectivity index (χ2v) is 14.2. The quantitative estimate of drug-likeness (QED) is 0.453. The van der Waals surface area contributed by atoms with E-state index in [9.17, 15) is 27.6 Å². The molecule has 11 nitrogen and oxygen atoms in total. The maximum atomic E-state index is 13.8. The third-order valence-electron chi connectivity index (χ3n) is 8.52. The van der Waals surface area contributed by atoms with Gasteiger partial charge in [0.2, 0.25) is 11.8 Å². The fourth-order valence-electron chi connectivity index (χ4n) is 5.52. The van der Waals surface area contributed by atoms with Gasteiger partial charge in [-0.3, -0.25) is 14.4 Å². The van der Waals surface area contributed by atoms with E-state index in [2.05, 4.69) is 15.4 Å². The average Bonchev–Trinajstić information content (AvgIpc) is 3.40. The van der Waals surface area contributed by atoms with Crippen molar-refractivity contribution in [1.29, 1.82) is 0 Å². The third-order valence-corrected chi connectivity index (χ3v) is 9.87. The maximum absolute atomic E-state index is 13.8. The average molecular weight is 602 g/mol. The van der Waals surface area contributed by atoms with Crippen LogP contribution in [0.1, 0.15) is 72.1 Å². The Bertz CT molecular complexity index is 1330. The number of hydrogen-bond donors (Lipinski definition) is 3. The predicted molar refractivity (Wildman–Crippen MR) is 158 cm³/mol. The number of nitrogens with zero attached hydrogens (tertiary/aromatic N) is 2. The molecule has 1 saturated heterocycles. The molecule has 2 heterocycles. The number of carbonyl (C=O) groups is 4. The van der Waals surface area contributed by atoms with Crippen molar-refractivity contribution < 1.29 is 27.6 Å². The van der Waals surface area contributed by atoms with Gasteiger partial charge in [-0.05, 0) is 71.4 Å². The Morgan fingerprint density at radius 2 is 1.76 bits per heavy atom. The lowest BCUT2D eigenvalue weighted by Crippen LogP contribution is -2.59. The molecule has 0 aromatic heterocycles. The number of carbonyl (C=O) groups excluding carboxylic acids is 4. The molecule has 12 heteroatoms. The van der Waals surface area contributed by atoms with Crippen molar-refractivity contribution in [3.8, 4) is 0 Å². The van der Waals surface area contributed by atoms with Crippen LogP contribution in [-0.4, -0.2) is 78.7 Å². The van der Waals surface area contributed by atoms with Crippen LogP contribution in [0.4, 0.5) is 4.79 Å². The third kappa shape index (κ3) is 6.96. The van der Waals surface area contributed by atoms with Crippen LogP contribution >= 0.6 is 0 Å². The topological polar surface area (TPSA) is 145 Å². The monoisotopic (exact) mass is 601 g/mol. The number of nitrogens with one attached hydrogen (secondary N) is 3. The lowest BCUT2D eigenvalue weighted by atomic mass is 10.0. The van der Waals surface area contributed by atoms with E-state index in [0.29, 0.717) is 25.8 Å². The molecule has 1 saturated carbocycles. The van der Waals surface area contributed by atoms with Gasteiger partial charge in [-0.25, -0.2) is 17.9 Å². The van der Waals surface area contributed by atoms with Gasteiger partial charge in [-0.1, -0.05) is 43.2 Å². The van der Waals surface area contributed by atoms with E-state index < -0.39 is 45.0 Å². The highest BCUT2D eigenvalue weighted by molar-refractivity contribution is 7.90. The lowest BCUT2D eigenvalue weighted by Gasteiger charge is -2.35. The number of benzene rings is 1. The summed E-state index contributed by atoms with van der Waals surface area (Å²) in [6, 6.07) is 5.60. The van der Waals surface area contributed by atoms with Gasteiger partial charge < -0.3 is 20.4 Å². The van der Waals surface area contributed by atoms with Crippen molar-refractivity contribution in [2.24, 2.45) is 5.92 Å². The van der Waals surface area contributed by atoms with Crippen LogP contribution in [0.25, 0.3) is 0 Å². The largest absolute Gasteiger partial charge is 0.339 e. The zero-order valence-corrected chi connectivity index (χ0v) is 25.7. The molecule has 0 radical (unpaired) electrons. The summed E-state index contributed by atoms with van der Waals surface area (Å²) in [6.45, 7) is 6.06. The summed E-state index contributed by atoms with van der Waals surface area (Å²) in [7, 11) is -2.47. The van der Waals surface area contributed by atoms with Crippen molar-refractivity contribution in [2.45, 2.75) is 100 Å². The normalized spacial score (nSPS) is 27.0. The second-order valence-electron chi connectivity index (χ2n) is 12.5. The van der Waals surface area contributed by atoms with Crippen LogP contribution in [0.5, 0.6) is 0 Å². The molecule has 0 spiro atoms. The first kappa shape index (κ1) is 31.5. The van der Waals surface area contributed by atoms with Crippen LogP contribution in [-0.2, 0) is 24.4 Å². The van der Waals surface area contributed by atoms with E-state index in [1.807, 2.05) is 32.9 Å². The molecule has 1 aromatic carbocycles. The first-order chi connectivity index (χ1) is 19.8. The Morgan fingerprint density at radius 1 is 1.05 bits per heavy atom. The smallest absolute Gasteiger partial charge is 0.318 e. The SMILES string of the molecule is CN(C(=O)NC1CCCCCC=CC2CC2(C(=O)NS(=O)(=O)c2ccccc2)NC(=O)C2CCCN2C1=O)C(C)(C)C. The molecule has 5 amide bonds. The van der Waals surface area contributed by atoms with Crippen molar-refractivity contribution in [3.05, 3.63) is 42.5 Å². The van der Waals surface area contributed by atoms with Gasteiger partial charge in [0.15, 0.2) is 0 Å². The Balaban J connectivity index is 1.57. The molecule has 3 N–H and O–H groups in total. The molecule has 2 fully saturated rings.